The molecule has 1 unspecified atom stereocenters. The van der Waals surface area contributed by atoms with Crippen molar-refractivity contribution in [2.75, 3.05) is 12.4 Å². The summed E-state index contributed by atoms with van der Waals surface area (Å²) in [6.07, 6.45) is 2.68. The molecule has 0 bridgehead atoms. The van der Waals surface area contributed by atoms with Gasteiger partial charge in [-0.15, -0.1) is 10.2 Å². The maximum atomic E-state index is 10.0. The Morgan fingerprint density at radius 3 is 2.87 bits per heavy atom. The number of thioether (sulfide) groups is 1. The second kappa shape index (κ2) is 7.96. The third-order valence-corrected chi connectivity index (χ3v) is 4.18. The van der Waals surface area contributed by atoms with Gasteiger partial charge in [0.2, 0.25) is 0 Å². The highest BCUT2D eigenvalue weighted by atomic mass is 32.2. The Hall–Kier alpha value is -2.09. The molecule has 6 nitrogen and oxygen atoms in total. The van der Waals surface area contributed by atoms with Gasteiger partial charge in [0.05, 0.1) is 19.0 Å². The van der Waals surface area contributed by atoms with Crippen LogP contribution in [0.25, 0.3) is 5.69 Å². The van der Waals surface area contributed by atoms with Crippen molar-refractivity contribution in [3.63, 3.8) is 0 Å². The topological polar surface area (TPSA) is 73.3 Å². The molecule has 0 amide bonds. The predicted molar refractivity (Wildman–Crippen MR) is 86.5 cm³/mol. The number of furan rings is 1. The van der Waals surface area contributed by atoms with Gasteiger partial charge in [-0.3, -0.25) is 4.57 Å². The molecule has 3 aromatic rings. The Labute approximate surface area is 138 Å². The maximum Gasteiger partial charge on any atom is 0.195 e. The smallest absolute Gasteiger partial charge is 0.195 e. The quantitative estimate of drug-likeness (QED) is 0.640. The molecule has 0 spiro atoms. The molecule has 2 aromatic heterocycles. The van der Waals surface area contributed by atoms with E-state index < -0.39 is 6.10 Å². The molecule has 0 saturated heterocycles. The number of nitrogens with zero attached hydrogens (tertiary/aromatic N) is 3. The van der Waals surface area contributed by atoms with E-state index in [0.29, 0.717) is 12.4 Å². The third kappa shape index (κ3) is 4.44. The Balaban J connectivity index is 1.48. The molecule has 1 N–H and O–H groups in total. The molecule has 0 aliphatic carbocycles. The number of para-hydroxylation sites is 1. The summed E-state index contributed by atoms with van der Waals surface area (Å²) < 4.78 is 12.5. The van der Waals surface area contributed by atoms with Crippen LogP contribution in [0.5, 0.6) is 0 Å². The molecule has 7 heteroatoms. The van der Waals surface area contributed by atoms with Gasteiger partial charge in [-0.1, -0.05) is 30.0 Å². The summed E-state index contributed by atoms with van der Waals surface area (Å²) in [5, 5.41) is 18.8. The summed E-state index contributed by atoms with van der Waals surface area (Å²) >= 11 is 1.44. The van der Waals surface area contributed by atoms with Crippen LogP contribution in [0, 0.1) is 0 Å². The molecule has 1 aromatic carbocycles. The molecule has 1 atom stereocenters. The molecule has 0 aliphatic rings. The van der Waals surface area contributed by atoms with Crippen LogP contribution >= 0.6 is 11.8 Å². The van der Waals surface area contributed by atoms with Gasteiger partial charge in [-0.25, -0.2) is 0 Å². The highest BCUT2D eigenvalue weighted by Crippen LogP contribution is 2.20. The van der Waals surface area contributed by atoms with Crippen LogP contribution in [0.1, 0.15) is 5.76 Å². The fourth-order valence-electron chi connectivity index (χ4n) is 2.00. The second-order valence-electron chi connectivity index (χ2n) is 4.88. The van der Waals surface area contributed by atoms with E-state index in [2.05, 4.69) is 10.2 Å². The van der Waals surface area contributed by atoms with Crippen LogP contribution in [0.15, 0.2) is 64.6 Å². The van der Waals surface area contributed by atoms with Crippen LogP contribution < -0.4 is 0 Å². The van der Waals surface area contributed by atoms with Gasteiger partial charge in [0.25, 0.3) is 0 Å². The zero-order chi connectivity index (χ0) is 15.9. The van der Waals surface area contributed by atoms with E-state index in [4.69, 9.17) is 9.15 Å². The Morgan fingerprint density at radius 2 is 2.09 bits per heavy atom. The van der Waals surface area contributed by atoms with Gasteiger partial charge < -0.3 is 14.3 Å². The molecule has 120 valence electrons. The lowest BCUT2D eigenvalue weighted by Gasteiger charge is -2.11. The van der Waals surface area contributed by atoms with Crippen molar-refractivity contribution in [2.24, 2.45) is 0 Å². The lowest BCUT2D eigenvalue weighted by atomic mass is 10.3. The van der Waals surface area contributed by atoms with Crippen LogP contribution in [0.4, 0.5) is 0 Å². The highest BCUT2D eigenvalue weighted by molar-refractivity contribution is 7.99. The van der Waals surface area contributed by atoms with Crippen molar-refractivity contribution in [2.45, 2.75) is 17.9 Å². The van der Waals surface area contributed by atoms with Crippen molar-refractivity contribution in [1.29, 1.82) is 0 Å². The first-order valence-electron chi connectivity index (χ1n) is 7.19. The van der Waals surface area contributed by atoms with Crippen LogP contribution in [-0.2, 0) is 11.3 Å². The minimum absolute atomic E-state index is 0.243. The number of aromatic nitrogens is 3. The number of hydrogen-bond donors (Lipinski definition) is 1. The van der Waals surface area contributed by atoms with E-state index in [1.165, 1.54) is 11.8 Å². The van der Waals surface area contributed by atoms with E-state index in [9.17, 15) is 5.11 Å². The molecule has 0 aliphatic heterocycles. The second-order valence-corrected chi connectivity index (χ2v) is 5.87. The number of aliphatic hydroxyl groups excluding tert-OH is 1. The summed E-state index contributed by atoms with van der Waals surface area (Å²) in [6.45, 7) is 0.599. The number of hydrogen-bond acceptors (Lipinski definition) is 6. The zero-order valence-corrected chi connectivity index (χ0v) is 13.2. The Morgan fingerprint density at radius 1 is 1.22 bits per heavy atom. The van der Waals surface area contributed by atoms with E-state index in [0.717, 1.165) is 16.6 Å². The first-order valence-corrected chi connectivity index (χ1v) is 8.18. The van der Waals surface area contributed by atoms with Gasteiger partial charge in [0, 0.05) is 11.4 Å². The monoisotopic (exact) mass is 331 g/mol. The van der Waals surface area contributed by atoms with Gasteiger partial charge in [0.15, 0.2) is 5.16 Å². The van der Waals surface area contributed by atoms with Crippen molar-refractivity contribution in [3.8, 4) is 5.69 Å². The van der Waals surface area contributed by atoms with Gasteiger partial charge >= 0.3 is 0 Å². The first kappa shape index (κ1) is 15.8. The van der Waals surface area contributed by atoms with Gasteiger partial charge in [0.1, 0.15) is 18.7 Å². The molecule has 0 saturated carbocycles. The number of benzene rings is 1. The molecular weight excluding hydrogens is 314 g/mol. The zero-order valence-electron chi connectivity index (χ0n) is 12.4. The molecule has 23 heavy (non-hydrogen) atoms. The van der Waals surface area contributed by atoms with E-state index in [-0.39, 0.29) is 6.61 Å². The lowest BCUT2D eigenvalue weighted by Crippen LogP contribution is -2.18. The summed E-state index contributed by atoms with van der Waals surface area (Å²) in [5.41, 5.74) is 0.989. The van der Waals surface area contributed by atoms with E-state index >= 15 is 0 Å². The van der Waals surface area contributed by atoms with Crippen molar-refractivity contribution in [1.82, 2.24) is 14.8 Å². The van der Waals surface area contributed by atoms with Gasteiger partial charge in [-0.2, -0.15) is 0 Å². The minimum Gasteiger partial charge on any atom is -0.467 e. The lowest BCUT2D eigenvalue weighted by molar-refractivity contribution is 0.0328. The number of rotatable bonds is 8. The third-order valence-electron chi connectivity index (χ3n) is 3.09. The van der Waals surface area contributed by atoms with Crippen molar-refractivity contribution in [3.05, 3.63) is 60.8 Å². The van der Waals surface area contributed by atoms with Crippen molar-refractivity contribution < 1.29 is 14.3 Å². The maximum absolute atomic E-state index is 10.0. The molecule has 2 heterocycles. The van der Waals surface area contributed by atoms with Crippen LogP contribution in [-0.4, -0.2) is 38.3 Å². The normalized spacial score (nSPS) is 12.4. The van der Waals surface area contributed by atoms with Crippen molar-refractivity contribution >= 4 is 11.8 Å². The van der Waals surface area contributed by atoms with Crippen LogP contribution in [0.2, 0.25) is 0 Å². The number of ether oxygens (including phenoxy) is 1. The Bertz CT molecular complexity index is 700. The Kier molecular flexibility index (Phi) is 5.46. The fourth-order valence-corrected chi connectivity index (χ4v) is 2.83. The fraction of sp³-hybridized carbons (Fsp3) is 0.250. The average Bonchev–Trinajstić information content (AvgIpc) is 3.25. The SMILES string of the molecule is OC(COCc1ccco1)CSc1nncn1-c1ccccc1. The first-order chi connectivity index (χ1) is 11.3. The minimum atomic E-state index is -0.587. The van der Waals surface area contributed by atoms with Gasteiger partial charge in [-0.05, 0) is 24.3 Å². The molecule has 3 rings (SSSR count). The summed E-state index contributed by atoms with van der Waals surface area (Å²) in [7, 11) is 0. The standard InChI is InChI=1S/C16H17N3O3S/c20-14(9-21-10-15-7-4-8-22-15)11-23-16-18-17-12-19(16)13-5-2-1-3-6-13/h1-8,12,14,20H,9-11H2. The molecular formula is C16H17N3O3S. The number of aliphatic hydroxyl groups is 1. The molecule has 0 radical (unpaired) electrons. The summed E-state index contributed by atoms with van der Waals surface area (Å²) in [6, 6.07) is 13.5. The van der Waals surface area contributed by atoms with E-state index in [1.54, 1.807) is 18.7 Å². The molecule has 0 fully saturated rings. The predicted octanol–water partition coefficient (Wildman–Crippen LogP) is 2.53. The largest absolute Gasteiger partial charge is 0.467 e. The van der Waals surface area contributed by atoms with Crippen LogP contribution in [0.3, 0.4) is 0 Å². The average molecular weight is 331 g/mol. The summed E-state index contributed by atoms with van der Waals surface area (Å²) in [4.78, 5) is 0. The van der Waals surface area contributed by atoms with E-state index in [1.807, 2.05) is 41.0 Å². The highest BCUT2D eigenvalue weighted by Gasteiger charge is 2.11. The summed E-state index contributed by atoms with van der Waals surface area (Å²) in [5.74, 6) is 1.22.